The molecule has 0 amide bonds. The number of carbonyl (C=O) groups is 1. The van der Waals surface area contributed by atoms with Crippen LogP contribution in [-0.4, -0.2) is 89.6 Å². The van der Waals surface area contributed by atoms with Crippen LogP contribution in [0, 0.1) is 0 Å². The van der Waals surface area contributed by atoms with Gasteiger partial charge >= 0.3 is 5.97 Å². The number of allylic oxidation sites excluding steroid dienone is 14. The molecule has 302 valence electrons. The van der Waals surface area contributed by atoms with Crippen LogP contribution in [0.1, 0.15) is 123 Å². The summed E-state index contributed by atoms with van der Waals surface area (Å²) in [6, 6.07) is 0. The monoisotopic (exact) mass is 745 g/mol. The molecule has 9 nitrogen and oxygen atoms in total. The Morgan fingerprint density at radius 1 is 0.623 bits per heavy atom. The summed E-state index contributed by atoms with van der Waals surface area (Å²) >= 11 is 0. The molecule has 9 heteroatoms. The van der Waals surface area contributed by atoms with Gasteiger partial charge in [-0.2, -0.15) is 0 Å². The Labute approximate surface area is 320 Å². The zero-order valence-electron chi connectivity index (χ0n) is 32.7. The lowest BCUT2D eigenvalue weighted by atomic mass is 9.99. The van der Waals surface area contributed by atoms with Crippen molar-refractivity contribution in [3.63, 3.8) is 0 Å². The SMILES string of the molecule is CC/C=C\C/C=C\C/C=C\C/C=C\C/C=C\C/C=C\C/C=C\CCCCCCOCC(COC1OC(CO)C(O)C(O)C1O)OC(=O)CCCCCC. The van der Waals surface area contributed by atoms with Crippen molar-refractivity contribution in [3.05, 3.63) is 85.1 Å². The Morgan fingerprint density at radius 2 is 1.15 bits per heavy atom. The zero-order valence-corrected chi connectivity index (χ0v) is 32.7. The smallest absolute Gasteiger partial charge is 0.306 e. The molecular formula is C44H72O9. The minimum Gasteiger partial charge on any atom is -0.457 e. The minimum atomic E-state index is -1.54. The number of rotatable bonds is 32. The highest BCUT2D eigenvalue weighted by atomic mass is 16.7. The van der Waals surface area contributed by atoms with Crippen LogP contribution in [0.4, 0.5) is 0 Å². The van der Waals surface area contributed by atoms with Crippen molar-refractivity contribution < 1.29 is 44.2 Å². The Morgan fingerprint density at radius 3 is 1.70 bits per heavy atom. The fraction of sp³-hybridized carbons (Fsp3) is 0.659. The first-order valence-electron chi connectivity index (χ1n) is 20.2. The average molecular weight is 745 g/mol. The van der Waals surface area contributed by atoms with Crippen molar-refractivity contribution in [2.45, 2.75) is 160 Å². The lowest BCUT2D eigenvalue weighted by Crippen LogP contribution is -2.59. The molecule has 0 saturated carbocycles. The molecule has 0 radical (unpaired) electrons. The lowest BCUT2D eigenvalue weighted by molar-refractivity contribution is -0.305. The second-order valence-corrected chi connectivity index (χ2v) is 13.4. The van der Waals surface area contributed by atoms with E-state index in [1.54, 1.807) is 0 Å². The van der Waals surface area contributed by atoms with Gasteiger partial charge in [0.2, 0.25) is 0 Å². The van der Waals surface area contributed by atoms with Gasteiger partial charge in [0.15, 0.2) is 6.29 Å². The van der Waals surface area contributed by atoms with Gasteiger partial charge in [0.1, 0.15) is 30.5 Å². The van der Waals surface area contributed by atoms with Crippen LogP contribution in [0.2, 0.25) is 0 Å². The van der Waals surface area contributed by atoms with Crippen molar-refractivity contribution >= 4 is 5.97 Å². The van der Waals surface area contributed by atoms with Crippen molar-refractivity contribution in [3.8, 4) is 0 Å². The first-order valence-corrected chi connectivity index (χ1v) is 20.2. The van der Waals surface area contributed by atoms with E-state index in [1.165, 1.54) is 0 Å². The summed E-state index contributed by atoms with van der Waals surface area (Å²) in [4.78, 5) is 12.4. The van der Waals surface area contributed by atoms with Crippen molar-refractivity contribution in [2.75, 3.05) is 26.4 Å². The number of ether oxygens (including phenoxy) is 4. The maximum absolute atomic E-state index is 12.4. The molecule has 1 fully saturated rings. The Bertz CT molecular complexity index is 1070. The molecular weight excluding hydrogens is 672 g/mol. The van der Waals surface area contributed by atoms with Crippen LogP contribution in [-0.2, 0) is 23.7 Å². The summed E-state index contributed by atoms with van der Waals surface area (Å²) in [5, 5.41) is 39.7. The molecule has 1 heterocycles. The van der Waals surface area contributed by atoms with Gasteiger partial charge in [-0.1, -0.05) is 131 Å². The van der Waals surface area contributed by atoms with Crippen molar-refractivity contribution in [1.82, 2.24) is 0 Å². The average Bonchev–Trinajstić information content (AvgIpc) is 3.16. The van der Waals surface area contributed by atoms with Crippen LogP contribution >= 0.6 is 0 Å². The number of unbranched alkanes of at least 4 members (excludes halogenated alkanes) is 7. The summed E-state index contributed by atoms with van der Waals surface area (Å²) in [5.74, 6) is -0.346. The predicted octanol–water partition coefficient (Wildman–Crippen LogP) is 8.30. The molecule has 0 spiro atoms. The molecule has 0 bridgehead atoms. The molecule has 4 N–H and O–H groups in total. The van der Waals surface area contributed by atoms with Crippen LogP contribution in [0.3, 0.4) is 0 Å². The van der Waals surface area contributed by atoms with E-state index in [-0.39, 0.29) is 19.2 Å². The van der Waals surface area contributed by atoms with Gasteiger partial charge < -0.3 is 39.4 Å². The predicted molar refractivity (Wildman–Crippen MR) is 214 cm³/mol. The van der Waals surface area contributed by atoms with Gasteiger partial charge in [0, 0.05) is 13.0 Å². The standard InChI is InChI=1S/C44H72O9/c1-3-5-7-9-10-11-12-13-14-15-16-17-18-19-20-21-22-23-24-25-26-27-28-29-30-32-34-50-36-38(52-40(46)33-31-8-6-4-2)37-51-44-43(49)42(48)41(47)39(35-45)53-44/h5,7,10-11,13-14,16-17,19-20,22-23,25-26,38-39,41-45,47-49H,3-4,6,8-9,12,15,18,21,24,27-37H2,1-2H3/b7-5-,11-10-,14-13-,17-16-,20-19-,23-22-,26-25-. The highest BCUT2D eigenvalue weighted by Gasteiger charge is 2.44. The summed E-state index contributed by atoms with van der Waals surface area (Å²) < 4.78 is 22.5. The molecule has 6 unspecified atom stereocenters. The number of aliphatic hydroxyl groups is 4. The van der Waals surface area contributed by atoms with Gasteiger partial charge in [-0.25, -0.2) is 0 Å². The molecule has 0 aromatic heterocycles. The quantitative estimate of drug-likeness (QED) is 0.0305. The summed E-state index contributed by atoms with van der Waals surface area (Å²) in [6.07, 6.45) is 39.6. The van der Waals surface area contributed by atoms with Gasteiger partial charge in [0.25, 0.3) is 0 Å². The molecule has 1 aliphatic rings. The molecule has 1 aliphatic heterocycles. The molecule has 0 aromatic carbocycles. The molecule has 0 aliphatic carbocycles. The molecule has 6 atom stereocenters. The van der Waals surface area contributed by atoms with Crippen molar-refractivity contribution in [2.24, 2.45) is 0 Å². The van der Waals surface area contributed by atoms with Gasteiger partial charge in [0.05, 0.1) is 19.8 Å². The van der Waals surface area contributed by atoms with E-state index in [2.05, 4.69) is 98.9 Å². The first kappa shape index (κ1) is 48.4. The minimum absolute atomic E-state index is 0.120. The third-order valence-electron chi connectivity index (χ3n) is 8.58. The third-order valence-corrected chi connectivity index (χ3v) is 8.58. The Balaban J connectivity index is 2.17. The number of esters is 1. The number of hydrogen-bond acceptors (Lipinski definition) is 9. The third kappa shape index (κ3) is 26.7. The van der Waals surface area contributed by atoms with E-state index < -0.39 is 43.4 Å². The highest BCUT2D eigenvalue weighted by Crippen LogP contribution is 2.22. The Hall–Kier alpha value is -2.63. The topological polar surface area (TPSA) is 135 Å². The lowest BCUT2D eigenvalue weighted by Gasteiger charge is -2.39. The van der Waals surface area contributed by atoms with E-state index in [0.717, 1.165) is 103 Å². The van der Waals surface area contributed by atoms with E-state index in [4.69, 9.17) is 18.9 Å². The summed E-state index contributed by atoms with van der Waals surface area (Å²) in [6.45, 7) is 4.21. The largest absolute Gasteiger partial charge is 0.457 e. The number of hydrogen-bond donors (Lipinski definition) is 4. The van der Waals surface area contributed by atoms with E-state index in [1.807, 2.05) is 0 Å². The van der Waals surface area contributed by atoms with Gasteiger partial charge in [-0.15, -0.1) is 0 Å². The fourth-order valence-corrected chi connectivity index (χ4v) is 5.41. The second-order valence-electron chi connectivity index (χ2n) is 13.4. The fourth-order valence-electron chi connectivity index (χ4n) is 5.41. The van der Waals surface area contributed by atoms with Crippen LogP contribution < -0.4 is 0 Å². The highest BCUT2D eigenvalue weighted by molar-refractivity contribution is 5.69. The van der Waals surface area contributed by atoms with Crippen LogP contribution in [0.25, 0.3) is 0 Å². The van der Waals surface area contributed by atoms with Crippen LogP contribution in [0.5, 0.6) is 0 Å². The number of carbonyl (C=O) groups excluding carboxylic acids is 1. The second kappa shape index (κ2) is 35.1. The van der Waals surface area contributed by atoms with Gasteiger partial charge in [-0.05, 0) is 70.6 Å². The van der Waals surface area contributed by atoms with E-state index in [9.17, 15) is 25.2 Å². The number of aliphatic hydroxyl groups excluding tert-OH is 4. The molecule has 1 saturated heterocycles. The normalized spacial score (nSPS) is 22.0. The molecule has 53 heavy (non-hydrogen) atoms. The first-order chi connectivity index (χ1) is 25.9. The maximum atomic E-state index is 12.4. The zero-order chi connectivity index (χ0) is 38.6. The van der Waals surface area contributed by atoms with Crippen molar-refractivity contribution in [1.29, 1.82) is 0 Å². The van der Waals surface area contributed by atoms with E-state index in [0.29, 0.717) is 13.0 Å². The maximum Gasteiger partial charge on any atom is 0.306 e. The molecule has 1 rings (SSSR count). The Kier molecular flexibility index (Phi) is 32.0. The van der Waals surface area contributed by atoms with Crippen LogP contribution in [0.15, 0.2) is 85.1 Å². The summed E-state index contributed by atoms with van der Waals surface area (Å²) in [5.41, 5.74) is 0. The van der Waals surface area contributed by atoms with E-state index >= 15 is 0 Å². The molecule has 0 aromatic rings. The van der Waals surface area contributed by atoms with Gasteiger partial charge in [-0.3, -0.25) is 4.79 Å². The summed E-state index contributed by atoms with van der Waals surface area (Å²) in [7, 11) is 0.